The summed E-state index contributed by atoms with van der Waals surface area (Å²) in [6, 6.07) is 5.92. The molecule has 2 unspecified atom stereocenters. The number of nitrogens with one attached hydrogen (secondary N) is 1. The molecule has 4 nitrogen and oxygen atoms in total. The zero-order valence-corrected chi connectivity index (χ0v) is 15.3. The highest BCUT2D eigenvalue weighted by molar-refractivity contribution is 5.77. The minimum Gasteiger partial charge on any atom is -0.493 e. The van der Waals surface area contributed by atoms with Gasteiger partial charge in [0.15, 0.2) is 11.5 Å². The van der Waals surface area contributed by atoms with Gasteiger partial charge in [0.05, 0.1) is 19.3 Å². The van der Waals surface area contributed by atoms with Crippen molar-refractivity contribution in [2.24, 2.45) is 5.92 Å². The fourth-order valence-electron chi connectivity index (χ4n) is 3.72. The molecule has 0 saturated heterocycles. The fourth-order valence-corrected chi connectivity index (χ4v) is 3.72. The molecule has 1 amide bonds. The molecular formula is C21H29NO3. The quantitative estimate of drug-likeness (QED) is 0.739. The topological polar surface area (TPSA) is 47.6 Å². The van der Waals surface area contributed by atoms with Gasteiger partial charge < -0.3 is 14.8 Å². The van der Waals surface area contributed by atoms with Crippen LogP contribution in [0.5, 0.6) is 11.5 Å². The van der Waals surface area contributed by atoms with Crippen molar-refractivity contribution in [1.82, 2.24) is 5.32 Å². The minimum atomic E-state index is -0.0488. The highest BCUT2D eigenvalue weighted by atomic mass is 16.5. The standard InChI is InChI=1S/C21H29NO3/c1-15(22-21(23)13-16-7-3-4-8-16)17-11-12-19(20(14-17)24-2)25-18-9-5-6-10-18/h3,7,11-12,14-16,18H,4-6,8-10,13H2,1-2H3,(H,22,23). The van der Waals surface area contributed by atoms with E-state index in [0.29, 0.717) is 18.4 Å². The minimum absolute atomic E-state index is 0.0488. The third kappa shape index (κ3) is 4.77. The zero-order chi connectivity index (χ0) is 17.6. The molecule has 1 aromatic carbocycles. The first-order chi connectivity index (χ1) is 12.2. The van der Waals surface area contributed by atoms with Crippen molar-refractivity contribution in [3.05, 3.63) is 35.9 Å². The van der Waals surface area contributed by atoms with Crippen LogP contribution in [0.4, 0.5) is 0 Å². The molecule has 0 aromatic heterocycles. The molecule has 1 fully saturated rings. The molecule has 0 radical (unpaired) electrons. The van der Waals surface area contributed by atoms with Gasteiger partial charge in [-0.3, -0.25) is 4.79 Å². The number of carbonyl (C=O) groups excluding carboxylic acids is 1. The van der Waals surface area contributed by atoms with E-state index in [0.717, 1.165) is 42.7 Å². The number of benzene rings is 1. The number of amides is 1. The monoisotopic (exact) mass is 343 g/mol. The predicted molar refractivity (Wildman–Crippen MR) is 98.9 cm³/mol. The van der Waals surface area contributed by atoms with E-state index >= 15 is 0 Å². The highest BCUT2D eigenvalue weighted by Gasteiger charge is 2.20. The Hall–Kier alpha value is -1.97. The Bertz CT molecular complexity index is 620. The van der Waals surface area contributed by atoms with Crippen LogP contribution in [-0.2, 0) is 4.79 Å². The second kappa shape index (κ2) is 8.41. The van der Waals surface area contributed by atoms with Gasteiger partial charge in [-0.1, -0.05) is 18.2 Å². The summed E-state index contributed by atoms with van der Waals surface area (Å²) in [5.74, 6) is 2.04. The van der Waals surface area contributed by atoms with Crippen LogP contribution in [-0.4, -0.2) is 19.1 Å². The normalized spacial score (nSPS) is 21.3. The second-order valence-electron chi connectivity index (χ2n) is 7.19. The SMILES string of the molecule is COc1cc(C(C)NC(=O)CC2C=CCC2)ccc1OC1CCCC1. The smallest absolute Gasteiger partial charge is 0.221 e. The number of allylic oxidation sites excluding steroid dienone is 2. The van der Waals surface area contributed by atoms with Crippen LogP contribution < -0.4 is 14.8 Å². The van der Waals surface area contributed by atoms with Crippen LogP contribution in [0.25, 0.3) is 0 Å². The number of ether oxygens (including phenoxy) is 2. The van der Waals surface area contributed by atoms with Crippen molar-refractivity contribution >= 4 is 5.91 Å². The van der Waals surface area contributed by atoms with E-state index in [1.807, 2.05) is 25.1 Å². The largest absolute Gasteiger partial charge is 0.493 e. The van der Waals surface area contributed by atoms with E-state index in [1.165, 1.54) is 12.8 Å². The van der Waals surface area contributed by atoms with Gasteiger partial charge in [0, 0.05) is 6.42 Å². The lowest BCUT2D eigenvalue weighted by molar-refractivity contribution is -0.122. The van der Waals surface area contributed by atoms with Gasteiger partial charge in [-0.05, 0) is 69.1 Å². The maximum Gasteiger partial charge on any atom is 0.221 e. The van der Waals surface area contributed by atoms with Crippen molar-refractivity contribution in [3.63, 3.8) is 0 Å². The van der Waals surface area contributed by atoms with E-state index < -0.39 is 0 Å². The van der Waals surface area contributed by atoms with E-state index in [2.05, 4.69) is 17.5 Å². The fraction of sp³-hybridized carbons (Fsp3) is 0.571. The lowest BCUT2D eigenvalue weighted by Crippen LogP contribution is -2.27. The summed E-state index contributed by atoms with van der Waals surface area (Å²) in [6.45, 7) is 2.01. The molecule has 0 spiro atoms. The second-order valence-corrected chi connectivity index (χ2v) is 7.19. The van der Waals surface area contributed by atoms with Crippen molar-refractivity contribution in [3.8, 4) is 11.5 Å². The summed E-state index contributed by atoms with van der Waals surface area (Å²) in [5.41, 5.74) is 1.03. The van der Waals surface area contributed by atoms with Crippen molar-refractivity contribution in [1.29, 1.82) is 0 Å². The summed E-state index contributed by atoms with van der Waals surface area (Å²) in [4.78, 5) is 12.2. The molecule has 1 saturated carbocycles. The molecule has 2 aliphatic carbocycles. The van der Waals surface area contributed by atoms with Gasteiger partial charge in [-0.15, -0.1) is 0 Å². The van der Waals surface area contributed by atoms with Crippen LogP contribution in [0.1, 0.15) is 63.5 Å². The molecule has 1 N–H and O–H groups in total. The van der Waals surface area contributed by atoms with Gasteiger partial charge in [0.1, 0.15) is 0 Å². The van der Waals surface area contributed by atoms with Crippen LogP contribution in [0, 0.1) is 5.92 Å². The molecular weight excluding hydrogens is 314 g/mol. The average molecular weight is 343 g/mol. The van der Waals surface area contributed by atoms with Crippen LogP contribution in [0.15, 0.2) is 30.4 Å². The van der Waals surface area contributed by atoms with E-state index in [-0.39, 0.29) is 11.9 Å². The summed E-state index contributed by atoms with van der Waals surface area (Å²) >= 11 is 0. The summed E-state index contributed by atoms with van der Waals surface area (Å²) in [6.07, 6.45) is 12.1. The first-order valence-electron chi connectivity index (χ1n) is 9.46. The van der Waals surface area contributed by atoms with E-state index in [9.17, 15) is 4.79 Å². The number of hydrogen-bond donors (Lipinski definition) is 1. The van der Waals surface area contributed by atoms with Gasteiger partial charge in [-0.2, -0.15) is 0 Å². The Balaban J connectivity index is 1.60. The molecule has 4 heteroatoms. The van der Waals surface area contributed by atoms with Gasteiger partial charge in [0.2, 0.25) is 5.91 Å². The molecule has 1 aromatic rings. The molecule has 2 atom stereocenters. The van der Waals surface area contributed by atoms with E-state index in [4.69, 9.17) is 9.47 Å². The Kier molecular flexibility index (Phi) is 6.00. The Morgan fingerprint density at radius 2 is 2.04 bits per heavy atom. The van der Waals surface area contributed by atoms with Crippen molar-refractivity contribution in [2.75, 3.05) is 7.11 Å². The van der Waals surface area contributed by atoms with Gasteiger partial charge >= 0.3 is 0 Å². The maximum atomic E-state index is 12.2. The number of rotatable bonds is 7. The molecule has 3 rings (SSSR count). The molecule has 0 bridgehead atoms. The van der Waals surface area contributed by atoms with Crippen LogP contribution in [0.2, 0.25) is 0 Å². The van der Waals surface area contributed by atoms with Gasteiger partial charge in [-0.25, -0.2) is 0 Å². The Morgan fingerprint density at radius 1 is 1.24 bits per heavy atom. The average Bonchev–Trinajstić information content (AvgIpc) is 3.29. The molecule has 0 heterocycles. The van der Waals surface area contributed by atoms with Crippen molar-refractivity contribution < 1.29 is 14.3 Å². The molecule has 25 heavy (non-hydrogen) atoms. The number of carbonyl (C=O) groups is 1. The molecule has 0 aliphatic heterocycles. The lowest BCUT2D eigenvalue weighted by atomic mass is 10.0. The zero-order valence-electron chi connectivity index (χ0n) is 15.3. The summed E-state index contributed by atoms with van der Waals surface area (Å²) in [5, 5.41) is 3.10. The maximum absolute atomic E-state index is 12.2. The summed E-state index contributed by atoms with van der Waals surface area (Å²) in [7, 11) is 1.66. The van der Waals surface area contributed by atoms with Crippen LogP contribution in [0.3, 0.4) is 0 Å². The van der Waals surface area contributed by atoms with Gasteiger partial charge in [0.25, 0.3) is 0 Å². The molecule has 136 valence electrons. The summed E-state index contributed by atoms with van der Waals surface area (Å²) < 4.78 is 11.6. The third-order valence-corrected chi connectivity index (χ3v) is 5.22. The Morgan fingerprint density at radius 3 is 2.72 bits per heavy atom. The lowest BCUT2D eigenvalue weighted by Gasteiger charge is -2.19. The highest BCUT2D eigenvalue weighted by Crippen LogP contribution is 2.33. The molecule has 2 aliphatic rings. The van der Waals surface area contributed by atoms with Crippen molar-refractivity contribution in [2.45, 2.75) is 64.0 Å². The van der Waals surface area contributed by atoms with E-state index in [1.54, 1.807) is 7.11 Å². The van der Waals surface area contributed by atoms with Crippen LogP contribution >= 0.6 is 0 Å². The number of hydrogen-bond acceptors (Lipinski definition) is 3. The first-order valence-corrected chi connectivity index (χ1v) is 9.46. The predicted octanol–water partition coefficient (Wildman–Crippen LogP) is 4.55. The Labute approximate surface area is 150 Å². The first kappa shape index (κ1) is 17.8. The third-order valence-electron chi connectivity index (χ3n) is 5.22. The number of methoxy groups -OCH3 is 1.